The molecule has 0 spiro atoms. The Morgan fingerprint density at radius 2 is 1.82 bits per heavy atom. The number of rotatable bonds is 13. The van der Waals surface area contributed by atoms with E-state index in [0.717, 1.165) is 29.4 Å². The van der Waals surface area contributed by atoms with Crippen LogP contribution in [0.2, 0.25) is 10.3 Å². The number of hydrogen-bond donors (Lipinski definition) is 4. The number of nitrogens with zero attached hydrogens (tertiary/aromatic N) is 3. The van der Waals surface area contributed by atoms with Crippen molar-refractivity contribution >= 4 is 69.6 Å². The molecule has 1 aliphatic heterocycles. The molecule has 4 atom stereocenters. The van der Waals surface area contributed by atoms with Crippen LogP contribution in [0.1, 0.15) is 47.0 Å². The van der Waals surface area contributed by atoms with Crippen molar-refractivity contribution in [2.45, 2.75) is 87.3 Å². The zero-order chi connectivity index (χ0) is 28.2. The second-order valence-electron chi connectivity index (χ2n) is 9.74. The summed E-state index contributed by atoms with van der Waals surface area (Å²) in [5.41, 5.74) is 7.71. The maximum atomic E-state index is 9.31. The number of nitrogens with two attached hydrogens (primary N) is 1. The Morgan fingerprint density at radius 1 is 1.10 bits per heavy atom. The summed E-state index contributed by atoms with van der Waals surface area (Å²) in [5, 5.41) is 17.9. The second-order valence-corrected chi connectivity index (χ2v) is 12.6. The number of aliphatic hydroxyl groups excluding tert-OH is 1. The van der Waals surface area contributed by atoms with E-state index in [0.29, 0.717) is 28.8 Å². The number of ether oxygens (including phenoxy) is 3. The van der Waals surface area contributed by atoms with Gasteiger partial charge in [-0.2, -0.15) is 0 Å². The van der Waals surface area contributed by atoms with Gasteiger partial charge < -0.3 is 35.7 Å². The van der Waals surface area contributed by atoms with E-state index in [-0.39, 0.29) is 53.6 Å². The number of nitrogens with one attached hydrogen (secondary N) is 2. The standard InChI is InChI=1S/C25H36Cl2N6O4S2/c1-5-9-38-16-12-13(29-14-11-15(35-8-7-34)20-19(14)36-25(3,4)37-20)18(22(27)30-16)31-23-17(28)21(26)32-24(33-23)39-10-6-2/h12,14-15,19-20,34H,5-11,28H2,1-4H3,(H,29,30)(H,31,32,33)/t14-,15+,19+,20-/m1/s1. The Morgan fingerprint density at radius 3 is 2.54 bits per heavy atom. The van der Waals surface area contributed by atoms with Gasteiger partial charge >= 0.3 is 0 Å². The third-order valence-electron chi connectivity index (χ3n) is 6.14. The normalized spacial score (nSPS) is 23.7. The molecule has 2 aromatic rings. The number of halogens is 2. The number of nitrogen functional groups attached to an aromatic ring is 1. The van der Waals surface area contributed by atoms with E-state index in [1.165, 1.54) is 11.8 Å². The zero-order valence-corrected chi connectivity index (χ0v) is 25.6. The molecule has 5 N–H and O–H groups in total. The van der Waals surface area contributed by atoms with Gasteiger partial charge in [-0.3, -0.25) is 0 Å². The Balaban J connectivity index is 1.67. The number of anilines is 4. The predicted octanol–water partition coefficient (Wildman–Crippen LogP) is 5.59. The number of hydrogen-bond acceptors (Lipinski definition) is 12. The van der Waals surface area contributed by atoms with E-state index in [4.69, 9.17) is 43.1 Å². The first-order valence-corrected chi connectivity index (χ1v) is 15.8. The molecule has 3 heterocycles. The summed E-state index contributed by atoms with van der Waals surface area (Å²) >= 11 is 16.2. The van der Waals surface area contributed by atoms with Crippen molar-refractivity contribution < 1.29 is 19.3 Å². The first-order chi connectivity index (χ1) is 18.7. The molecule has 4 rings (SSSR count). The molecule has 0 radical (unpaired) electrons. The maximum Gasteiger partial charge on any atom is 0.191 e. The summed E-state index contributed by atoms with van der Waals surface area (Å²) in [7, 11) is 0. The highest BCUT2D eigenvalue weighted by Gasteiger charge is 2.54. The van der Waals surface area contributed by atoms with Gasteiger partial charge in [-0.1, -0.05) is 48.8 Å². The quantitative estimate of drug-likeness (QED) is 0.0963. The van der Waals surface area contributed by atoms with E-state index < -0.39 is 5.79 Å². The van der Waals surface area contributed by atoms with Crippen molar-refractivity contribution in [2.24, 2.45) is 0 Å². The third-order valence-corrected chi connectivity index (χ3v) is 8.87. The number of aliphatic hydroxyl groups is 1. The lowest BCUT2D eigenvalue weighted by atomic mass is 10.2. The Kier molecular flexibility index (Phi) is 10.7. The van der Waals surface area contributed by atoms with Crippen molar-refractivity contribution in [3.63, 3.8) is 0 Å². The van der Waals surface area contributed by atoms with Crippen LogP contribution in [0, 0.1) is 0 Å². The van der Waals surface area contributed by atoms with Crippen LogP contribution in [0.4, 0.5) is 22.9 Å². The lowest BCUT2D eigenvalue weighted by Gasteiger charge is -2.26. The number of fused-ring (bicyclic) bond motifs is 1. The molecule has 0 amide bonds. The fourth-order valence-corrected chi connectivity index (χ4v) is 6.52. The van der Waals surface area contributed by atoms with Gasteiger partial charge in [0.15, 0.2) is 27.1 Å². The molecule has 1 aliphatic carbocycles. The van der Waals surface area contributed by atoms with Crippen LogP contribution in [0.15, 0.2) is 16.2 Å². The van der Waals surface area contributed by atoms with E-state index >= 15 is 0 Å². The summed E-state index contributed by atoms with van der Waals surface area (Å²) in [6.45, 7) is 8.13. The molecule has 1 saturated carbocycles. The predicted molar refractivity (Wildman–Crippen MR) is 159 cm³/mol. The molecule has 10 nitrogen and oxygen atoms in total. The molecule has 0 aromatic carbocycles. The van der Waals surface area contributed by atoms with Gasteiger partial charge in [0.1, 0.15) is 23.6 Å². The molecule has 2 aliphatic rings. The summed E-state index contributed by atoms with van der Waals surface area (Å²) in [6.07, 6.45) is 1.79. The maximum absolute atomic E-state index is 9.31. The van der Waals surface area contributed by atoms with Crippen LogP contribution in [-0.4, -0.2) is 74.9 Å². The first kappa shape index (κ1) is 30.7. The third kappa shape index (κ3) is 7.53. The summed E-state index contributed by atoms with van der Waals surface area (Å²) in [4.78, 5) is 13.5. The monoisotopic (exact) mass is 618 g/mol. The highest BCUT2D eigenvalue weighted by atomic mass is 35.5. The number of pyridine rings is 1. The van der Waals surface area contributed by atoms with E-state index in [9.17, 15) is 5.11 Å². The van der Waals surface area contributed by atoms with Gasteiger partial charge in [-0.25, -0.2) is 15.0 Å². The topological polar surface area (TPSA) is 137 Å². The minimum absolute atomic E-state index is 0.0658. The average molecular weight is 620 g/mol. The minimum Gasteiger partial charge on any atom is -0.394 e. The van der Waals surface area contributed by atoms with Crippen LogP contribution in [-0.2, 0) is 14.2 Å². The van der Waals surface area contributed by atoms with Gasteiger partial charge in [-0.05, 0) is 44.9 Å². The fraction of sp³-hybridized carbons (Fsp3) is 0.640. The first-order valence-electron chi connectivity index (χ1n) is 13.1. The average Bonchev–Trinajstić information content (AvgIpc) is 3.37. The van der Waals surface area contributed by atoms with Gasteiger partial charge in [0, 0.05) is 5.75 Å². The van der Waals surface area contributed by atoms with E-state index in [1.807, 2.05) is 19.9 Å². The van der Waals surface area contributed by atoms with Crippen LogP contribution >= 0.6 is 46.7 Å². The minimum atomic E-state index is -0.756. The highest BCUT2D eigenvalue weighted by Crippen LogP contribution is 2.43. The molecular weight excluding hydrogens is 583 g/mol. The summed E-state index contributed by atoms with van der Waals surface area (Å²) < 4.78 is 18.4. The number of aromatic nitrogens is 3. The molecular formula is C25H36Cl2N6O4S2. The Bertz CT molecular complexity index is 1150. The molecule has 0 unspecified atom stereocenters. The SMILES string of the molecule is CCCSc1cc(N[C@@H]2C[C@H](OCCO)[C@H]3OC(C)(C)O[C@H]32)c(Nc2nc(SCCC)nc(Cl)c2N)c(Cl)n1. The van der Waals surface area contributed by atoms with Crippen molar-refractivity contribution in [2.75, 3.05) is 41.1 Å². The Hall–Kier alpha value is -1.25. The molecule has 216 valence electrons. The van der Waals surface area contributed by atoms with Crippen LogP contribution in [0.5, 0.6) is 0 Å². The smallest absolute Gasteiger partial charge is 0.191 e. The molecule has 2 fully saturated rings. The van der Waals surface area contributed by atoms with Crippen LogP contribution in [0.3, 0.4) is 0 Å². The lowest BCUT2D eigenvalue weighted by molar-refractivity contribution is -0.167. The molecule has 0 bridgehead atoms. The van der Waals surface area contributed by atoms with Crippen molar-refractivity contribution in [1.29, 1.82) is 0 Å². The summed E-state index contributed by atoms with van der Waals surface area (Å²) in [5.74, 6) is 1.34. The highest BCUT2D eigenvalue weighted by molar-refractivity contribution is 7.99. The van der Waals surface area contributed by atoms with Crippen LogP contribution < -0.4 is 16.4 Å². The zero-order valence-electron chi connectivity index (χ0n) is 22.5. The van der Waals surface area contributed by atoms with Gasteiger partial charge in [0.25, 0.3) is 0 Å². The molecule has 39 heavy (non-hydrogen) atoms. The molecule has 2 aromatic heterocycles. The molecule has 14 heteroatoms. The second kappa shape index (κ2) is 13.6. The van der Waals surface area contributed by atoms with Gasteiger partial charge in [-0.15, -0.1) is 11.8 Å². The van der Waals surface area contributed by atoms with E-state index in [2.05, 4.69) is 39.4 Å². The van der Waals surface area contributed by atoms with Crippen molar-refractivity contribution in [3.05, 3.63) is 16.4 Å². The largest absolute Gasteiger partial charge is 0.394 e. The van der Waals surface area contributed by atoms with Gasteiger partial charge in [0.05, 0.1) is 36.1 Å². The summed E-state index contributed by atoms with van der Waals surface area (Å²) in [6, 6.07) is 1.79. The van der Waals surface area contributed by atoms with Gasteiger partial charge in [0.2, 0.25) is 0 Å². The molecule has 1 saturated heterocycles. The number of thioether (sulfide) groups is 2. The lowest BCUT2D eigenvalue weighted by Crippen LogP contribution is -2.34. The van der Waals surface area contributed by atoms with E-state index in [1.54, 1.807) is 11.8 Å². The van der Waals surface area contributed by atoms with Crippen molar-refractivity contribution in [1.82, 2.24) is 15.0 Å². The Labute approximate surface area is 247 Å². The fourth-order valence-electron chi connectivity index (χ4n) is 4.54. The van der Waals surface area contributed by atoms with Crippen molar-refractivity contribution in [3.8, 4) is 0 Å². The van der Waals surface area contributed by atoms with Crippen LogP contribution in [0.25, 0.3) is 0 Å².